The molecule has 1 N–H and O–H groups in total. The molecular weight excluding hydrogens is 156 g/mol. The Kier molecular flexibility index (Phi) is 6.06. The molecule has 0 aliphatic carbocycles. The van der Waals surface area contributed by atoms with Gasteiger partial charge in [-0.3, -0.25) is 0 Å². The van der Waals surface area contributed by atoms with Crippen LogP contribution in [0.5, 0.6) is 0 Å². The minimum absolute atomic E-state index is 0.268. The van der Waals surface area contributed by atoms with Crippen molar-refractivity contribution in [1.29, 1.82) is 0 Å². The fourth-order valence-electron chi connectivity index (χ4n) is 0.834. The van der Waals surface area contributed by atoms with E-state index in [4.69, 9.17) is 5.11 Å². The highest BCUT2D eigenvalue weighted by molar-refractivity contribution is 8.00. The molecule has 0 unspecified atom stereocenters. The third-order valence-corrected chi connectivity index (χ3v) is 3.18. The molecule has 11 heavy (non-hydrogen) atoms. The molecule has 2 heteroatoms. The summed E-state index contributed by atoms with van der Waals surface area (Å²) in [5, 5.41) is 8.75. The van der Waals surface area contributed by atoms with Crippen LogP contribution in [0.4, 0.5) is 0 Å². The number of unbranched alkanes of at least 4 members (excludes halogenated alkanes) is 1. The van der Waals surface area contributed by atoms with Crippen LogP contribution < -0.4 is 0 Å². The lowest BCUT2D eigenvalue weighted by molar-refractivity contribution is 0.275. The zero-order valence-electron chi connectivity index (χ0n) is 7.89. The largest absolute Gasteiger partial charge is 0.396 e. The molecule has 0 aromatic carbocycles. The summed E-state index contributed by atoms with van der Waals surface area (Å²) in [6.45, 7) is 6.92. The van der Waals surface area contributed by atoms with E-state index < -0.39 is 0 Å². The average Bonchev–Trinajstić information content (AvgIpc) is 1.87. The van der Waals surface area contributed by atoms with E-state index in [1.807, 2.05) is 11.8 Å². The summed E-state index contributed by atoms with van der Waals surface area (Å²) in [4.78, 5) is 0. The third kappa shape index (κ3) is 6.70. The second-order valence-corrected chi connectivity index (χ2v) is 5.24. The molecule has 0 spiro atoms. The molecule has 0 heterocycles. The van der Waals surface area contributed by atoms with E-state index in [1.54, 1.807) is 0 Å². The Morgan fingerprint density at radius 2 is 2.00 bits per heavy atom. The van der Waals surface area contributed by atoms with Gasteiger partial charge in [-0.15, -0.1) is 0 Å². The van der Waals surface area contributed by atoms with Gasteiger partial charge in [-0.2, -0.15) is 11.8 Å². The number of hydrogen-bond acceptors (Lipinski definition) is 2. The zero-order valence-corrected chi connectivity index (χ0v) is 8.71. The van der Waals surface area contributed by atoms with E-state index in [1.165, 1.54) is 18.6 Å². The Bertz CT molecular complexity index is 91.6. The minimum atomic E-state index is 0.268. The van der Waals surface area contributed by atoms with Crippen LogP contribution in [0.1, 0.15) is 40.0 Å². The van der Waals surface area contributed by atoms with Crippen molar-refractivity contribution < 1.29 is 5.11 Å². The Labute approximate surface area is 74.6 Å². The van der Waals surface area contributed by atoms with Crippen LogP contribution in [0.25, 0.3) is 0 Å². The minimum Gasteiger partial charge on any atom is -0.396 e. The SMILES string of the molecule is CCCCSC(C)(C)CCO. The Morgan fingerprint density at radius 1 is 1.36 bits per heavy atom. The van der Waals surface area contributed by atoms with E-state index in [0.29, 0.717) is 6.61 Å². The zero-order chi connectivity index (χ0) is 8.74. The molecule has 1 nitrogen and oxygen atoms in total. The summed E-state index contributed by atoms with van der Waals surface area (Å²) in [6.07, 6.45) is 3.46. The maximum Gasteiger partial charge on any atom is 0.0444 e. The van der Waals surface area contributed by atoms with Crippen LogP contribution in [0.2, 0.25) is 0 Å². The smallest absolute Gasteiger partial charge is 0.0444 e. The Balaban J connectivity index is 3.38. The van der Waals surface area contributed by atoms with Crippen molar-refractivity contribution >= 4 is 11.8 Å². The molecule has 0 radical (unpaired) electrons. The molecule has 0 saturated heterocycles. The number of thioether (sulfide) groups is 1. The second-order valence-electron chi connectivity index (χ2n) is 3.44. The summed E-state index contributed by atoms with van der Waals surface area (Å²) in [6, 6.07) is 0. The van der Waals surface area contributed by atoms with Crippen molar-refractivity contribution in [3.05, 3.63) is 0 Å². The first-order chi connectivity index (χ1) is 5.12. The fraction of sp³-hybridized carbons (Fsp3) is 1.00. The van der Waals surface area contributed by atoms with Gasteiger partial charge in [-0.1, -0.05) is 27.2 Å². The van der Waals surface area contributed by atoms with Gasteiger partial charge in [0.2, 0.25) is 0 Å². The van der Waals surface area contributed by atoms with Crippen LogP contribution in [-0.4, -0.2) is 22.2 Å². The van der Waals surface area contributed by atoms with Gasteiger partial charge in [-0.25, -0.2) is 0 Å². The Hall–Kier alpha value is 0.310. The number of hydrogen-bond donors (Lipinski definition) is 1. The van der Waals surface area contributed by atoms with Crippen LogP contribution in [0, 0.1) is 0 Å². The molecular formula is C9H20OS. The predicted octanol–water partition coefficient (Wildman–Crippen LogP) is 2.68. The van der Waals surface area contributed by atoms with Crippen molar-refractivity contribution in [1.82, 2.24) is 0 Å². The van der Waals surface area contributed by atoms with Crippen LogP contribution >= 0.6 is 11.8 Å². The first-order valence-corrected chi connectivity index (χ1v) is 5.36. The van der Waals surface area contributed by atoms with Crippen molar-refractivity contribution in [3.8, 4) is 0 Å². The molecule has 0 aromatic rings. The molecule has 0 fully saturated rings. The van der Waals surface area contributed by atoms with Crippen molar-refractivity contribution in [2.45, 2.75) is 44.8 Å². The van der Waals surface area contributed by atoms with Crippen LogP contribution in [0.3, 0.4) is 0 Å². The first-order valence-electron chi connectivity index (χ1n) is 4.37. The van der Waals surface area contributed by atoms with Gasteiger partial charge in [0.05, 0.1) is 0 Å². The lowest BCUT2D eigenvalue weighted by Crippen LogP contribution is -2.17. The molecule has 0 saturated carbocycles. The second kappa shape index (κ2) is 5.90. The molecule has 0 rings (SSSR count). The van der Waals surface area contributed by atoms with Gasteiger partial charge in [-0.05, 0) is 18.6 Å². The van der Waals surface area contributed by atoms with E-state index in [0.717, 1.165) is 6.42 Å². The lowest BCUT2D eigenvalue weighted by atomic mass is 10.1. The Morgan fingerprint density at radius 3 is 2.45 bits per heavy atom. The van der Waals surface area contributed by atoms with Gasteiger partial charge < -0.3 is 5.11 Å². The highest BCUT2D eigenvalue weighted by Crippen LogP contribution is 2.28. The van der Waals surface area contributed by atoms with Crippen molar-refractivity contribution in [2.75, 3.05) is 12.4 Å². The predicted molar refractivity (Wildman–Crippen MR) is 53.1 cm³/mol. The quantitative estimate of drug-likeness (QED) is 0.628. The van der Waals surface area contributed by atoms with E-state index in [9.17, 15) is 0 Å². The summed E-state index contributed by atoms with van der Waals surface area (Å²) < 4.78 is 0.268. The van der Waals surface area contributed by atoms with Gasteiger partial charge >= 0.3 is 0 Å². The van der Waals surface area contributed by atoms with Crippen molar-refractivity contribution in [3.63, 3.8) is 0 Å². The van der Waals surface area contributed by atoms with Gasteiger partial charge in [0, 0.05) is 11.4 Å². The average molecular weight is 176 g/mol. The first kappa shape index (κ1) is 11.3. The monoisotopic (exact) mass is 176 g/mol. The molecule has 0 bridgehead atoms. The number of aliphatic hydroxyl groups is 1. The fourth-order valence-corrected chi connectivity index (χ4v) is 2.06. The summed E-state index contributed by atoms with van der Waals surface area (Å²) in [5.74, 6) is 1.23. The topological polar surface area (TPSA) is 20.2 Å². The lowest BCUT2D eigenvalue weighted by Gasteiger charge is -2.22. The standard InChI is InChI=1S/C9H20OS/c1-4-5-8-11-9(2,3)6-7-10/h10H,4-8H2,1-3H3. The molecule has 0 aliphatic heterocycles. The van der Waals surface area contributed by atoms with E-state index in [2.05, 4.69) is 20.8 Å². The molecule has 0 amide bonds. The maximum absolute atomic E-state index is 8.75. The van der Waals surface area contributed by atoms with Crippen molar-refractivity contribution in [2.24, 2.45) is 0 Å². The summed E-state index contributed by atoms with van der Waals surface area (Å²) >= 11 is 1.97. The summed E-state index contributed by atoms with van der Waals surface area (Å²) in [5.41, 5.74) is 0. The maximum atomic E-state index is 8.75. The third-order valence-electron chi connectivity index (χ3n) is 1.70. The van der Waals surface area contributed by atoms with E-state index in [-0.39, 0.29) is 4.75 Å². The van der Waals surface area contributed by atoms with Gasteiger partial charge in [0.1, 0.15) is 0 Å². The normalized spacial score (nSPS) is 12.0. The highest BCUT2D eigenvalue weighted by Gasteiger charge is 2.16. The summed E-state index contributed by atoms with van der Waals surface area (Å²) in [7, 11) is 0. The van der Waals surface area contributed by atoms with Crippen LogP contribution in [0.15, 0.2) is 0 Å². The highest BCUT2D eigenvalue weighted by atomic mass is 32.2. The van der Waals surface area contributed by atoms with Gasteiger partial charge in [0.25, 0.3) is 0 Å². The number of rotatable bonds is 6. The molecule has 0 aromatic heterocycles. The van der Waals surface area contributed by atoms with E-state index >= 15 is 0 Å². The number of aliphatic hydroxyl groups excluding tert-OH is 1. The van der Waals surface area contributed by atoms with Gasteiger partial charge in [0.15, 0.2) is 0 Å². The molecule has 0 atom stereocenters. The van der Waals surface area contributed by atoms with Crippen LogP contribution in [-0.2, 0) is 0 Å². The molecule has 68 valence electrons. The molecule has 0 aliphatic rings.